The average Bonchev–Trinajstić information content (AvgIpc) is 2.25. The van der Waals surface area contributed by atoms with E-state index < -0.39 is 5.97 Å². The van der Waals surface area contributed by atoms with Gasteiger partial charge >= 0.3 is 5.97 Å². The summed E-state index contributed by atoms with van der Waals surface area (Å²) in [5.74, 6) is 0.803. The zero-order chi connectivity index (χ0) is 14.1. The summed E-state index contributed by atoms with van der Waals surface area (Å²) < 4.78 is 0. The first-order valence-corrected chi connectivity index (χ1v) is 7.61. The van der Waals surface area contributed by atoms with Crippen LogP contribution < -0.4 is 0 Å². The number of hydrogen-bond acceptors (Lipinski definition) is 1. The van der Waals surface area contributed by atoms with E-state index in [4.69, 9.17) is 0 Å². The summed E-state index contributed by atoms with van der Waals surface area (Å²) in [6.45, 7) is 10.9. The first kappa shape index (κ1) is 17.5. The molecule has 0 aliphatic heterocycles. The fourth-order valence-electron chi connectivity index (χ4n) is 2.67. The van der Waals surface area contributed by atoms with Crippen molar-refractivity contribution >= 4 is 5.97 Å². The van der Waals surface area contributed by atoms with Gasteiger partial charge < -0.3 is 5.11 Å². The second kappa shape index (κ2) is 9.41. The average molecular weight is 256 g/mol. The highest BCUT2D eigenvalue weighted by Crippen LogP contribution is 2.27. The Morgan fingerprint density at radius 1 is 1.06 bits per heavy atom. The largest absolute Gasteiger partial charge is 0.481 e. The molecule has 0 aliphatic rings. The van der Waals surface area contributed by atoms with E-state index in [1.807, 2.05) is 0 Å². The van der Waals surface area contributed by atoms with Crippen molar-refractivity contribution in [3.63, 3.8) is 0 Å². The molecule has 0 saturated heterocycles. The number of carboxylic acids is 1. The van der Waals surface area contributed by atoms with Crippen molar-refractivity contribution in [2.24, 2.45) is 23.7 Å². The van der Waals surface area contributed by atoms with Gasteiger partial charge in [-0.1, -0.05) is 60.3 Å². The van der Waals surface area contributed by atoms with Gasteiger partial charge in [-0.25, -0.2) is 0 Å². The highest BCUT2D eigenvalue weighted by molar-refractivity contribution is 5.70. The number of carbonyl (C=O) groups is 1. The summed E-state index contributed by atoms with van der Waals surface area (Å²) in [5, 5.41) is 9.37. The van der Waals surface area contributed by atoms with E-state index >= 15 is 0 Å². The summed E-state index contributed by atoms with van der Waals surface area (Å²) in [6.07, 6.45) is 6.55. The predicted molar refractivity (Wildman–Crippen MR) is 77.7 cm³/mol. The van der Waals surface area contributed by atoms with E-state index in [2.05, 4.69) is 34.6 Å². The standard InChI is InChI=1S/C16H32O2/c1-6-8-13(4)11-15(16(17)18)14(5)10-7-9-12(2)3/h12-15H,6-11H2,1-5H3,(H,17,18). The number of carboxylic acid groups (broad SMARTS) is 1. The molecule has 18 heavy (non-hydrogen) atoms. The molecule has 0 heterocycles. The Morgan fingerprint density at radius 3 is 2.11 bits per heavy atom. The third-order valence-corrected chi connectivity index (χ3v) is 3.88. The summed E-state index contributed by atoms with van der Waals surface area (Å²) in [4.78, 5) is 11.4. The highest BCUT2D eigenvalue weighted by Gasteiger charge is 2.25. The summed E-state index contributed by atoms with van der Waals surface area (Å²) >= 11 is 0. The molecule has 3 atom stereocenters. The van der Waals surface area contributed by atoms with Crippen molar-refractivity contribution in [3.05, 3.63) is 0 Å². The molecule has 0 rings (SSSR count). The van der Waals surface area contributed by atoms with Crippen LogP contribution in [0.5, 0.6) is 0 Å². The van der Waals surface area contributed by atoms with Gasteiger partial charge in [-0.3, -0.25) is 4.79 Å². The lowest BCUT2D eigenvalue weighted by atomic mass is 9.82. The van der Waals surface area contributed by atoms with Crippen molar-refractivity contribution in [2.75, 3.05) is 0 Å². The minimum Gasteiger partial charge on any atom is -0.481 e. The van der Waals surface area contributed by atoms with Crippen molar-refractivity contribution in [1.29, 1.82) is 0 Å². The van der Waals surface area contributed by atoms with Gasteiger partial charge in [-0.2, -0.15) is 0 Å². The van der Waals surface area contributed by atoms with Crippen LogP contribution in [0.1, 0.15) is 73.1 Å². The van der Waals surface area contributed by atoms with Crippen LogP contribution >= 0.6 is 0 Å². The minimum absolute atomic E-state index is 0.154. The van der Waals surface area contributed by atoms with Crippen LogP contribution in [0.4, 0.5) is 0 Å². The molecule has 0 aliphatic carbocycles. The lowest BCUT2D eigenvalue weighted by Gasteiger charge is -2.23. The molecule has 108 valence electrons. The van der Waals surface area contributed by atoms with E-state index in [9.17, 15) is 9.90 Å². The van der Waals surface area contributed by atoms with E-state index in [1.165, 1.54) is 6.42 Å². The van der Waals surface area contributed by atoms with Crippen LogP contribution in [0, 0.1) is 23.7 Å². The molecule has 0 saturated carbocycles. The summed E-state index contributed by atoms with van der Waals surface area (Å²) in [5.41, 5.74) is 0. The zero-order valence-electron chi connectivity index (χ0n) is 12.9. The predicted octanol–water partition coefficient (Wildman–Crippen LogP) is 4.98. The second-order valence-electron chi connectivity index (χ2n) is 6.38. The van der Waals surface area contributed by atoms with Crippen molar-refractivity contribution in [1.82, 2.24) is 0 Å². The molecular formula is C16H32O2. The third-order valence-electron chi connectivity index (χ3n) is 3.88. The van der Waals surface area contributed by atoms with Crippen LogP contribution in [0.3, 0.4) is 0 Å². The van der Waals surface area contributed by atoms with Gasteiger partial charge in [0.2, 0.25) is 0 Å². The van der Waals surface area contributed by atoms with Crippen LogP contribution in [0.2, 0.25) is 0 Å². The van der Waals surface area contributed by atoms with Crippen LogP contribution in [-0.2, 0) is 4.79 Å². The number of rotatable bonds is 10. The molecule has 0 spiro atoms. The van der Waals surface area contributed by atoms with Gasteiger partial charge in [0.05, 0.1) is 5.92 Å². The van der Waals surface area contributed by atoms with Crippen LogP contribution in [0.15, 0.2) is 0 Å². The molecular weight excluding hydrogens is 224 g/mol. The van der Waals surface area contributed by atoms with E-state index in [0.29, 0.717) is 11.8 Å². The van der Waals surface area contributed by atoms with Gasteiger partial charge in [0.25, 0.3) is 0 Å². The Bertz CT molecular complexity index is 223. The zero-order valence-corrected chi connectivity index (χ0v) is 12.9. The van der Waals surface area contributed by atoms with E-state index in [-0.39, 0.29) is 5.92 Å². The lowest BCUT2D eigenvalue weighted by Crippen LogP contribution is -2.24. The van der Waals surface area contributed by atoms with Crippen LogP contribution in [0.25, 0.3) is 0 Å². The van der Waals surface area contributed by atoms with Crippen molar-refractivity contribution in [2.45, 2.75) is 73.1 Å². The van der Waals surface area contributed by atoms with Crippen molar-refractivity contribution < 1.29 is 9.90 Å². The fraction of sp³-hybridized carbons (Fsp3) is 0.938. The highest BCUT2D eigenvalue weighted by atomic mass is 16.4. The van der Waals surface area contributed by atoms with Gasteiger partial charge in [0.1, 0.15) is 0 Å². The Kier molecular flexibility index (Phi) is 9.13. The van der Waals surface area contributed by atoms with E-state index in [0.717, 1.165) is 38.0 Å². The Hall–Kier alpha value is -0.530. The molecule has 1 N–H and O–H groups in total. The SMILES string of the molecule is CCCC(C)CC(C(=O)O)C(C)CCCC(C)C. The molecule has 0 aromatic heterocycles. The van der Waals surface area contributed by atoms with Gasteiger partial charge in [0, 0.05) is 0 Å². The summed E-state index contributed by atoms with van der Waals surface area (Å²) in [7, 11) is 0. The fourth-order valence-corrected chi connectivity index (χ4v) is 2.67. The Morgan fingerprint density at radius 2 is 1.67 bits per heavy atom. The molecule has 3 unspecified atom stereocenters. The molecule has 0 aromatic rings. The molecule has 0 aromatic carbocycles. The molecule has 2 nitrogen and oxygen atoms in total. The third kappa shape index (κ3) is 7.73. The second-order valence-corrected chi connectivity index (χ2v) is 6.38. The quantitative estimate of drug-likeness (QED) is 0.599. The minimum atomic E-state index is -0.602. The molecule has 0 fully saturated rings. The first-order valence-electron chi connectivity index (χ1n) is 7.61. The summed E-state index contributed by atoms with van der Waals surface area (Å²) in [6, 6.07) is 0. The number of hydrogen-bond donors (Lipinski definition) is 1. The maximum atomic E-state index is 11.4. The molecule has 0 radical (unpaired) electrons. The maximum Gasteiger partial charge on any atom is 0.306 e. The normalized spacial score (nSPS) is 16.6. The van der Waals surface area contributed by atoms with Gasteiger partial charge in [0.15, 0.2) is 0 Å². The molecule has 0 amide bonds. The lowest BCUT2D eigenvalue weighted by molar-refractivity contribution is -0.144. The number of aliphatic carboxylic acids is 1. The molecule has 2 heteroatoms. The van der Waals surface area contributed by atoms with Crippen LogP contribution in [-0.4, -0.2) is 11.1 Å². The first-order chi connectivity index (χ1) is 8.38. The Labute approximate surface area is 113 Å². The monoisotopic (exact) mass is 256 g/mol. The van der Waals surface area contributed by atoms with E-state index in [1.54, 1.807) is 0 Å². The van der Waals surface area contributed by atoms with Gasteiger partial charge in [-0.05, 0) is 30.6 Å². The van der Waals surface area contributed by atoms with Gasteiger partial charge in [-0.15, -0.1) is 0 Å². The molecule has 0 bridgehead atoms. The maximum absolute atomic E-state index is 11.4. The topological polar surface area (TPSA) is 37.3 Å². The van der Waals surface area contributed by atoms with Crippen molar-refractivity contribution in [3.8, 4) is 0 Å². The Balaban J connectivity index is 4.18. The smallest absolute Gasteiger partial charge is 0.306 e.